The van der Waals surface area contributed by atoms with Gasteiger partial charge in [0.1, 0.15) is 5.75 Å². The quantitative estimate of drug-likeness (QED) is 0.390. The molecule has 198 valence electrons. The van der Waals surface area contributed by atoms with Crippen LogP contribution in [0.25, 0.3) is 10.8 Å². The summed E-state index contributed by atoms with van der Waals surface area (Å²) in [6.45, 7) is 1.33. The van der Waals surface area contributed by atoms with Crippen LogP contribution in [0.2, 0.25) is 0 Å². The summed E-state index contributed by atoms with van der Waals surface area (Å²) >= 11 is 0. The molecule has 3 aromatic carbocycles. The Hall–Kier alpha value is -4.52. The van der Waals surface area contributed by atoms with E-state index in [2.05, 4.69) is 11.8 Å². The third-order valence-electron chi connectivity index (χ3n) is 6.92. The second-order valence-electron chi connectivity index (χ2n) is 10.2. The molecule has 9 heteroatoms. The number of nitrogens with zero attached hydrogens (tertiary/aromatic N) is 4. The molecule has 3 aromatic rings. The van der Waals surface area contributed by atoms with Crippen LogP contribution in [0.1, 0.15) is 52.6 Å². The van der Waals surface area contributed by atoms with Gasteiger partial charge in [-0.15, -0.1) is 0 Å². The van der Waals surface area contributed by atoms with Crippen molar-refractivity contribution in [1.29, 1.82) is 0 Å². The van der Waals surface area contributed by atoms with E-state index in [0.29, 0.717) is 35.0 Å². The Labute approximate surface area is 226 Å². The molecule has 0 saturated carbocycles. The summed E-state index contributed by atoms with van der Waals surface area (Å²) in [6.07, 6.45) is 0. The molecule has 4 amide bonds. The van der Waals surface area contributed by atoms with E-state index in [-0.39, 0.29) is 41.1 Å². The van der Waals surface area contributed by atoms with Gasteiger partial charge in [0.2, 0.25) is 0 Å². The van der Waals surface area contributed by atoms with Crippen LogP contribution < -0.4 is 0 Å². The largest absolute Gasteiger partial charge is 0.508 e. The molecule has 0 fully saturated rings. The molecule has 2 aliphatic heterocycles. The maximum atomic E-state index is 13.8. The zero-order valence-corrected chi connectivity index (χ0v) is 22.2. The Morgan fingerprint density at radius 2 is 1.18 bits per heavy atom. The monoisotopic (exact) mass is 524 g/mol. The molecule has 5 rings (SSSR count). The number of hydrogen-bond acceptors (Lipinski definition) is 7. The number of imide groups is 2. The highest BCUT2D eigenvalue weighted by Gasteiger charge is 2.40. The summed E-state index contributed by atoms with van der Waals surface area (Å²) in [7, 11) is 7.42. The van der Waals surface area contributed by atoms with Crippen LogP contribution in [0, 0.1) is 11.8 Å². The minimum Gasteiger partial charge on any atom is -0.508 e. The van der Waals surface area contributed by atoms with E-state index in [4.69, 9.17) is 0 Å². The van der Waals surface area contributed by atoms with Gasteiger partial charge in [0.25, 0.3) is 23.6 Å². The van der Waals surface area contributed by atoms with Crippen molar-refractivity contribution in [2.24, 2.45) is 0 Å². The summed E-state index contributed by atoms with van der Waals surface area (Å²) in [4.78, 5) is 60.6. The number of rotatable bonds is 6. The zero-order chi connectivity index (χ0) is 28.0. The molecule has 2 heterocycles. The van der Waals surface area contributed by atoms with Crippen molar-refractivity contribution in [3.8, 4) is 17.6 Å². The van der Waals surface area contributed by atoms with Crippen LogP contribution in [0.5, 0.6) is 5.75 Å². The number of phenolic OH excluding ortho intramolecular Hbond substituents is 1. The lowest BCUT2D eigenvalue weighted by Crippen LogP contribution is -2.46. The molecule has 0 atom stereocenters. The number of aromatic hydroxyl groups is 1. The molecule has 2 aliphatic rings. The van der Waals surface area contributed by atoms with E-state index >= 15 is 0 Å². The van der Waals surface area contributed by atoms with Gasteiger partial charge in [0.15, 0.2) is 0 Å². The zero-order valence-electron chi connectivity index (χ0n) is 22.2. The fourth-order valence-corrected chi connectivity index (χ4v) is 4.86. The second kappa shape index (κ2) is 9.98. The van der Waals surface area contributed by atoms with Crippen LogP contribution in [-0.4, -0.2) is 103 Å². The summed E-state index contributed by atoms with van der Waals surface area (Å²) in [5.41, 5.74) is 1.88. The number of carbonyl (C=O) groups excluding carboxylic acids is 4. The number of benzene rings is 3. The first-order chi connectivity index (χ1) is 18.6. The number of phenols is 1. The molecule has 0 spiro atoms. The Morgan fingerprint density at radius 1 is 0.667 bits per heavy atom. The molecule has 0 saturated heterocycles. The van der Waals surface area contributed by atoms with Gasteiger partial charge in [-0.1, -0.05) is 11.8 Å². The van der Waals surface area contributed by atoms with Crippen LogP contribution in [0.3, 0.4) is 0 Å². The molecule has 0 aliphatic carbocycles. The smallest absolute Gasteiger partial charge is 0.262 e. The summed E-state index contributed by atoms with van der Waals surface area (Å²) in [5, 5.41) is 10.2. The highest BCUT2D eigenvalue weighted by molar-refractivity contribution is 6.34. The molecule has 0 unspecified atom stereocenters. The predicted molar refractivity (Wildman–Crippen MR) is 146 cm³/mol. The summed E-state index contributed by atoms with van der Waals surface area (Å²) < 4.78 is 0. The topological polar surface area (TPSA) is 101 Å². The Balaban J connectivity index is 1.75. The Bertz CT molecular complexity index is 1610. The third kappa shape index (κ3) is 4.54. The fraction of sp³-hybridized carbons (Fsp3) is 0.267. The normalized spacial score (nSPS) is 14.5. The van der Waals surface area contributed by atoms with E-state index in [1.807, 2.05) is 38.0 Å². The van der Waals surface area contributed by atoms with Crippen molar-refractivity contribution in [2.75, 3.05) is 54.4 Å². The highest BCUT2D eigenvalue weighted by atomic mass is 16.3. The number of amides is 4. The first-order valence-corrected chi connectivity index (χ1v) is 12.5. The lowest BCUT2D eigenvalue weighted by atomic mass is 9.83. The fourth-order valence-electron chi connectivity index (χ4n) is 4.86. The highest BCUT2D eigenvalue weighted by Crippen LogP contribution is 2.39. The van der Waals surface area contributed by atoms with Crippen LogP contribution in [-0.2, 0) is 0 Å². The minimum absolute atomic E-state index is 0.0984. The molecular weight excluding hydrogens is 496 g/mol. The van der Waals surface area contributed by atoms with Gasteiger partial charge in [-0.05, 0) is 70.7 Å². The summed E-state index contributed by atoms with van der Waals surface area (Å²) in [5.74, 6) is 4.22. The molecule has 1 N–H and O–H groups in total. The van der Waals surface area contributed by atoms with Crippen LogP contribution >= 0.6 is 0 Å². The van der Waals surface area contributed by atoms with Crippen molar-refractivity contribution in [3.05, 3.63) is 75.8 Å². The Kier molecular flexibility index (Phi) is 6.68. The van der Waals surface area contributed by atoms with Gasteiger partial charge in [-0.2, -0.15) is 0 Å². The van der Waals surface area contributed by atoms with Crippen LogP contribution in [0.15, 0.2) is 42.5 Å². The van der Waals surface area contributed by atoms with Crippen molar-refractivity contribution in [3.63, 3.8) is 0 Å². The predicted octanol–water partition coefficient (Wildman–Crippen LogP) is 2.26. The van der Waals surface area contributed by atoms with Gasteiger partial charge in [0.05, 0.1) is 5.56 Å². The minimum atomic E-state index is -0.511. The first kappa shape index (κ1) is 26.1. The van der Waals surface area contributed by atoms with Crippen molar-refractivity contribution in [1.82, 2.24) is 19.6 Å². The van der Waals surface area contributed by atoms with Gasteiger partial charge >= 0.3 is 0 Å². The number of hydrogen-bond donors (Lipinski definition) is 1. The molecule has 0 aromatic heterocycles. The molecule has 9 nitrogen and oxygen atoms in total. The van der Waals surface area contributed by atoms with E-state index in [9.17, 15) is 24.3 Å². The molecule has 39 heavy (non-hydrogen) atoms. The second-order valence-corrected chi connectivity index (χ2v) is 10.2. The van der Waals surface area contributed by atoms with Gasteiger partial charge < -0.3 is 14.9 Å². The van der Waals surface area contributed by atoms with Crippen molar-refractivity contribution < 1.29 is 24.3 Å². The summed E-state index contributed by atoms with van der Waals surface area (Å²) in [6, 6.07) is 11.0. The first-order valence-electron chi connectivity index (χ1n) is 12.5. The average molecular weight is 525 g/mol. The maximum absolute atomic E-state index is 13.8. The third-order valence-corrected chi connectivity index (χ3v) is 6.92. The van der Waals surface area contributed by atoms with Crippen molar-refractivity contribution in [2.45, 2.75) is 0 Å². The van der Waals surface area contributed by atoms with E-state index in [0.717, 1.165) is 0 Å². The van der Waals surface area contributed by atoms with Gasteiger partial charge in [-0.25, -0.2) is 0 Å². The lowest BCUT2D eigenvalue weighted by Gasteiger charge is -2.33. The lowest BCUT2D eigenvalue weighted by molar-refractivity contribution is 0.0579. The standard InChI is InChI=1S/C30H28N4O5/c1-31(2)13-15-33-27(36)21-11-12-22-26-24(30(39)34(28(22)37)16-14-32(3)4)19(17-23(25(21)26)29(33)38)8-5-18-6-9-20(35)10-7-18/h6-7,9-12,17,35H,13-16H2,1-4H3. The van der Waals surface area contributed by atoms with Crippen LogP contribution in [0.4, 0.5) is 0 Å². The van der Waals surface area contributed by atoms with Crippen molar-refractivity contribution >= 4 is 34.4 Å². The maximum Gasteiger partial charge on any atom is 0.262 e. The average Bonchev–Trinajstić information content (AvgIpc) is 2.89. The SMILES string of the molecule is CN(C)CCN1C(=O)c2ccc3c4c(c(C#Cc5ccc(O)cc5)cc(c24)C1=O)C(=O)N(CCN(C)C)C3=O. The Morgan fingerprint density at radius 3 is 1.74 bits per heavy atom. The molecular formula is C30H28N4O5. The van der Waals surface area contributed by atoms with Gasteiger partial charge in [-0.3, -0.25) is 29.0 Å². The van der Waals surface area contributed by atoms with E-state index < -0.39 is 23.6 Å². The number of likely N-dealkylation sites (N-methyl/N-ethyl adjacent to an activating group) is 2. The molecule has 0 radical (unpaired) electrons. The van der Waals surface area contributed by atoms with E-state index in [1.165, 1.54) is 21.9 Å². The number of carbonyl (C=O) groups is 4. The molecule has 0 bridgehead atoms. The van der Waals surface area contributed by atoms with E-state index in [1.54, 1.807) is 30.3 Å². The van der Waals surface area contributed by atoms with Gasteiger partial charge in [0, 0.05) is 64.8 Å².